The molecule has 0 unspecified atom stereocenters. The van der Waals surface area contributed by atoms with E-state index < -0.39 is 0 Å². The van der Waals surface area contributed by atoms with E-state index in [1.165, 1.54) is 11.6 Å². The van der Waals surface area contributed by atoms with Gasteiger partial charge in [0.05, 0.1) is 5.02 Å². The third-order valence-electron chi connectivity index (χ3n) is 3.59. The van der Waals surface area contributed by atoms with E-state index in [0.717, 1.165) is 36.2 Å². The second-order valence-corrected chi connectivity index (χ2v) is 5.81. The van der Waals surface area contributed by atoms with Gasteiger partial charge in [-0.15, -0.1) is 0 Å². The van der Waals surface area contributed by atoms with Crippen molar-refractivity contribution in [1.29, 1.82) is 0 Å². The number of rotatable bonds is 5. The Bertz CT molecular complexity index is 637. The highest BCUT2D eigenvalue weighted by atomic mass is 35.5. The van der Waals surface area contributed by atoms with E-state index >= 15 is 0 Å². The van der Waals surface area contributed by atoms with E-state index in [1.54, 1.807) is 6.92 Å². The van der Waals surface area contributed by atoms with Gasteiger partial charge in [-0.25, -0.2) is 4.39 Å². The molecule has 2 aromatic carbocycles. The van der Waals surface area contributed by atoms with Crippen molar-refractivity contribution in [3.63, 3.8) is 0 Å². The highest BCUT2D eigenvalue weighted by Crippen LogP contribution is 2.32. The lowest BCUT2D eigenvalue weighted by molar-refractivity contribution is 0.619. The minimum absolute atomic E-state index is 0.262. The largest absolute Gasteiger partial charge is 0.313 e. The zero-order chi connectivity index (χ0) is 15.4. The first-order valence-electron chi connectivity index (χ1n) is 7.29. The summed E-state index contributed by atoms with van der Waals surface area (Å²) in [5.74, 6) is -0.262. The molecule has 2 rings (SSSR count). The molecule has 0 saturated heterocycles. The molecule has 2 aromatic rings. The van der Waals surface area contributed by atoms with Crippen LogP contribution in [-0.4, -0.2) is 6.54 Å². The van der Waals surface area contributed by atoms with Gasteiger partial charge in [-0.3, -0.25) is 0 Å². The van der Waals surface area contributed by atoms with Gasteiger partial charge in [0.1, 0.15) is 5.82 Å². The Morgan fingerprint density at radius 3 is 2.48 bits per heavy atom. The number of aryl methyl sites for hydroxylation is 2. The molecule has 0 spiro atoms. The van der Waals surface area contributed by atoms with Gasteiger partial charge in [-0.05, 0) is 61.2 Å². The Balaban J connectivity index is 2.31. The maximum absolute atomic E-state index is 13.5. The lowest BCUT2D eigenvalue weighted by Crippen LogP contribution is -2.13. The summed E-state index contributed by atoms with van der Waals surface area (Å²) in [5.41, 5.74) is 4.96. The molecular weight excluding hydrogens is 285 g/mol. The molecule has 0 radical (unpaired) electrons. The molecule has 0 atom stereocenters. The van der Waals surface area contributed by atoms with Crippen molar-refractivity contribution in [3.05, 3.63) is 57.9 Å². The number of nitrogens with one attached hydrogen (secondary N) is 1. The normalized spacial score (nSPS) is 10.9. The van der Waals surface area contributed by atoms with E-state index in [0.29, 0.717) is 10.6 Å². The van der Waals surface area contributed by atoms with Crippen molar-refractivity contribution in [1.82, 2.24) is 5.32 Å². The zero-order valence-corrected chi connectivity index (χ0v) is 13.5. The topological polar surface area (TPSA) is 12.0 Å². The summed E-state index contributed by atoms with van der Waals surface area (Å²) in [6.07, 6.45) is 1.13. The molecule has 1 N–H and O–H groups in total. The van der Waals surface area contributed by atoms with Gasteiger partial charge in [0.15, 0.2) is 0 Å². The molecule has 0 aliphatic rings. The van der Waals surface area contributed by atoms with E-state index in [9.17, 15) is 4.39 Å². The number of benzene rings is 2. The summed E-state index contributed by atoms with van der Waals surface area (Å²) in [6, 6.07) is 9.53. The smallest absolute Gasteiger partial charge is 0.127 e. The van der Waals surface area contributed by atoms with Gasteiger partial charge >= 0.3 is 0 Å². The van der Waals surface area contributed by atoms with Crippen molar-refractivity contribution in [3.8, 4) is 11.1 Å². The Morgan fingerprint density at radius 2 is 1.81 bits per heavy atom. The monoisotopic (exact) mass is 305 g/mol. The predicted molar refractivity (Wildman–Crippen MR) is 88.3 cm³/mol. The summed E-state index contributed by atoms with van der Waals surface area (Å²) < 4.78 is 13.5. The molecule has 0 aliphatic heterocycles. The molecule has 1 nitrogen and oxygen atoms in total. The number of hydrogen-bond donors (Lipinski definition) is 1. The number of hydrogen-bond acceptors (Lipinski definition) is 1. The molecular formula is C18H21ClFN. The molecule has 0 heterocycles. The van der Waals surface area contributed by atoms with Gasteiger partial charge in [0, 0.05) is 12.1 Å². The van der Waals surface area contributed by atoms with Gasteiger partial charge in [-0.1, -0.05) is 36.7 Å². The molecule has 3 heteroatoms. The minimum Gasteiger partial charge on any atom is -0.313 e. The van der Waals surface area contributed by atoms with Crippen LogP contribution in [0, 0.1) is 19.7 Å². The highest BCUT2D eigenvalue weighted by Gasteiger charge is 2.10. The molecule has 0 aromatic heterocycles. The van der Waals surface area contributed by atoms with Crippen molar-refractivity contribution in [2.24, 2.45) is 0 Å². The Kier molecular flexibility index (Phi) is 5.38. The fraction of sp³-hybridized carbons (Fsp3) is 0.333. The predicted octanol–water partition coefficient (Wildman–Crippen LogP) is 5.26. The van der Waals surface area contributed by atoms with Gasteiger partial charge in [0.2, 0.25) is 0 Å². The van der Waals surface area contributed by atoms with Crippen LogP contribution in [0.3, 0.4) is 0 Å². The molecule has 0 saturated carbocycles. The van der Waals surface area contributed by atoms with Crippen molar-refractivity contribution in [2.45, 2.75) is 33.7 Å². The fourth-order valence-electron chi connectivity index (χ4n) is 2.41. The SMILES string of the molecule is CCCNCc1ccc(-c2cc(C)c(F)cc2Cl)c(C)c1. The quantitative estimate of drug-likeness (QED) is 0.743. The lowest BCUT2D eigenvalue weighted by Gasteiger charge is -2.12. The highest BCUT2D eigenvalue weighted by molar-refractivity contribution is 6.33. The summed E-state index contributed by atoms with van der Waals surface area (Å²) >= 11 is 6.20. The van der Waals surface area contributed by atoms with Gasteiger partial charge < -0.3 is 5.32 Å². The van der Waals surface area contributed by atoms with E-state index in [2.05, 4.69) is 37.4 Å². The van der Waals surface area contributed by atoms with Crippen LogP contribution in [0.4, 0.5) is 4.39 Å². The second kappa shape index (κ2) is 7.06. The lowest BCUT2D eigenvalue weighted by atomic mass is 9.97. The molecule has 0 aliphatic carbocycles. The summed E-state index contributed by atoms with van der Waals surface area (Å²) in [6.45, 7) is 7.86. The van der Waals surface area contributed by atoms with Crippen LogP contribution >= 0.6 is 11.6 Å². The summed E-state index contributed by atoms with van der Waals surface area (Å²) in [7, 11) is 0. The fourth-order valence-corrected chi connectivity index (χ4v) is 2.66. The maximum Gasteiger partial charge on any atom is 0.127 e. The summed E-state index contributed by atoms with van der Waals surface area (Å²) in [4.78, 5) is 0. The average molecular weight is 306 g/mol. The molecule has 0 fully saturated rings. The maximum atomic E-state index is 13.5. The van der Waals surface area contributed by atoms with E-state index in [1.807, 2.05) is 6.07 Å². The molecule has 0 amide bonds. The van der Waals surface area contributed by atoms with E-state index in [4.69, 9.17) is 11.6 Å². The summed E-state index contributed by atoms with van der Waals surface area (Å²) in [5, 5.41) is 3.85. The van der Waals surface area contributed by atoms with E-state index in [-0.39, 0.29) is 5.82 Å². The van der Waals surface area contributed by atoms with Gasteiger partial charge in [0.25, 0.3) is 0 Å². The van der Waals surface area contributed by atoms with Crippen molar-refractivity contribution >= 4 is 11.6 Å². The third-order valence-corrected chi connectivity index (χ3v) is 3.90. The van der Waals surface area contributed by atoms with Gasteiger partial charge in [-0.2, -0.15) is 0 Å². The first kappa shape index (κ1) is 16.0. The van der Waals surface area contributed by atoms with Crippen LogP contribution in [0.5, 0.6) is 0 Å². The average Bonchev–Trinajstić information content (AvgIpc) is 2.44. The van der Waals surface area contributed by atoms with Crippen molar-refractivity contribution < 1.29 is 4.39 Å². The Morgan fingerprint density at radius 1 is 1.05 bits per heavy atom. The van der Waals surface area contributed by atoms with Crippen LogP contribution in [-0.2, 0) is 6.54 Å². The van der Waals surface area contributed by atoms with Crippen LogP contribution in [0.15, 0.2) is 30.3 Å². The number of halogens is 2. The zero-order valence-electron chi connectivity index (χ0n) is 12.8. The van der Waals surface area contributed by atoms with Crippen molar-refractivity contribution in [2.75, 3.05) is 6.54 Å². The molecule has 112 valence electrons. The molecule has 21 heavy (non-hydrogen) atoms. The minimum atomic E-state index is -0.262. The van der Waals surface area contributed by atoms with Crippen LogP contribution in [0.2, 0.25) is 5.02 Å². The van der Waals surface area contributed by atoms with Crippen LogP contribution < -0.4 is 5.32 Å². The Labute approximate surface area is 131 Å². The third kappa shape index (κ3) is 3.84. The standard InChI is InChI=1S/C18H21ClFN/c1-4-7-21-11-14-5-6-15(12(2)8-14)16-9-13(3)18(20)10-17(16)19/h5-6,8-10,21H,4,7,11H2,1-3H3. The Hall–Kier alpha value is -1.38. The first-order chi connectivity index (χ1) is 10.0. The second-order valence-electron chi connectivity index (χ2n) is 5.41. The van der Waals surface area contributed by atoms with Crippen LogP contribution in [0.25, 0.3) is 11.1 Å². The first-order valence-corrected chi connectivity index (χ1v) is 7.67. The van der Waals surface area contributed by atoms with Crippen LogP contribution in [0.1, 0.15) is 30.0 Å². The molecule has 0 bridgehead atoms.